The third kappa shape index (κ3) is 4.84. The summed E-state index contributed by atoms with van der Waals surface area (Å²) in [5, 5.41) is 28.2. The van der Waals surface area contributed by atoms with Gasteiger partial charge in [-0.1, -0.05) is 18.2 Å². The van der Waals surface area contributed by atoms with Crippen LogP contribution < -0.4 is 10.2 Å². The lowest BCUT2D eigenvalue weighted by molar-refractivity contribution is 0.0420. The molecular formula is C16H20BNO4. The summed E-state index contributed by atoms with van der Waals surface area (Å²) in [6.45, 7) is 1.81. The van der Waals surface area contributed by atoms with Crippen molar-refractivity contribution in [1.29, 1.82) is 0 Å². The number of pyridine rings is 1. The highest BCUT2D eigenvalue weighted by Crippen LogP contribution is 2.14. The van der Waals surface area contributed by atoms with Gasteiger partial charge in [0.15, 0.2) is 0 Å². The number of aryl methyl sites for hydroxylation is 1. The lowest BCUT2D eigenvalue weighted by Crippen LogP contribution is -2.31. The van der Waals surface area contributed by atoms with E-state index < -0.39 is 13.2 Å². The lowest BCUT2D eigenvalue weighted by atomic mass is 9.80. The minimum absolute atomic E-state index is 0.360. The molecule has 5 nitrogen and oxygen atoms in total. The Hall–Kier alpha value is -1.89. The van der Waals surface area contributed by atoms with Crippen molar-refractivity contribution in [3.05, 3.63) is 54.4 Å². The largest absolute Gasteiger partial charge is 0.488 e. The Morgan fingerprint density at radius 3 is 2.50 bits per heavy atom. The molecule has 1 aromatic heterocycles. The Kier molecular flexibility index (Phi) is 5.95. The topological polar surface area (TPSA) is 82.8 Å². The Morgan fingerprint density at radius 2 is 1.91 bits per heavy atom. The maximum absolute atomic E-state index is 10.2. The number of benzene rings is 1. The number of rotatable bonds is 7. The predicted octanol–water partition coefficient (Wildman–Crippen LogP) is 0.522. The van der Waals surface area contributed by atoms with Crippen LogP contribution in [0, 0.1) is 0 Å². The molecule has 0 aliphatic rings. The Balaban J connectivity index is 1.84. The number of ether oxygens (including phenoxy) is 1. The smallest absolute Gasteiger partial charge is 0.488 e. The van der Waals surface area contributed by atoms with Gasteiger partial charge in [-0.2, -0.15) is 0 Å². The summed E-state index contributed by atoms with van der Waals surface area (Å²) in [6, 6.07) is 10.3. The molecule has 0 amide bonds. The molecule has 0 saturated carbocycles. The summed E-state index contributed by atoms with van der Waals surface area (Å²) in [5.74, 6) is 0.581. The average Bonchev–Trinajstić information content (AvgIpc) is 2.54. The zero-order chi connectivity index (χ0) is 15.9. The highest BCUT2D eigenvalue weighted by Gasteiger charge is 2.16. The molecule has 0 saturated heterocycles. The molecule has 116 valence electrons. The van der Waals surface area contributed by atoms with E-state index in [9.17, 15) is 5.11 Å². The van der Waals surface area contributed by atoms with Crippen LogP contribution in [0.2, 0.25) is 0 Å². The van der Waals surface area contributed by atoms with Gasteiger partial charge in [0, 0.05) is 12.4 Å². The Morgan fingerprint density at radius 1 is 1.18 bits per heavy atom. The van der Waals surface area contributed by atoms with Gasteiger partial charge in [-0.25, -0.2) is 0 Å². The van der Waals surface area contributed by atoms with E-state index in [4.69, 9.17) is 14.8 Å². The van der Waals surface area contributed by atoms with Gasteiger partial charge < -0.3 is 19.9 Å². The van der Waals surface area contributed by atoms with E-state index in [1.165, 1.54) is 0 Å². The zero-order valence-corrected chi connectivity index (χ0v) is 12.5. The van der Waals surface area contributed by atoms with Crippen LogP contribution >= 0.6 is 0 Å². The van der Waals surface area contributed by atoms with Crippen molar-refractivity contribution in [3.63, 3.8) is 0 Å². The van der Waals surface area contributed by atoms with E-state index >= 15 is 0 Å². The van der Waals surface area contributed by atoms with E-state index in [1.54, 1.807) is 36.7 Å². The molecule has 0 aliphatic carbocycles. The van der Waals surface area contributed by atoms with Crippen molar-refractivity contribution in [3.8, 4) is 5.75 Å². The van der Waals surface area contributed by atoms with Crippen LogP contribution in [0.25, 0.3) is 0 Å². The molecule has 2 unspecified atom stereocenters. The molecule has 0 aliphatic heterocycles. The van der Waals surface area contributed by atoms with Gasteiger partial charge in [0.2, 0.25) is 0 Å². The van der Waals surface area contributed by atoms with Crippen molar-refractivity contribution in [2.45, 2.75) is 32.0 Å². The van der Waals surface area contributed by atoms with Gasteiger partial charge >= 0.3 is 7.12 Å². The molecule has 0 spiro atoms. The van der Waals surface area contributed by atoms with Crippen LogP contribution in [0.1, 0.15) is 18.9 Å². The van der Waals surface area contributed by atoms with E-state index in [0.29, 0.717) is 17.6 Å². The third-order valence-corrected chi connectivity index (χ3v) is 3.49. The van der Waals surface area contributed by atoms with Crippen LogP contribution in [-0.2, 0) is 6.42 Å². The summed E-state index contributed by atoms with van der Waals surface area (Å²) in [4.78, 5) is 4.04. The third-order valence-electron chi connectivity index (χ3n) is 3.49. The number of aliphatic hydroxyl groups excluding tert-OH is 1. The molecule has 0 radical (unpaired) electrons. The summed E-state index contributed by atoms with van der Waals surface area (Å²) in [6.07, 6.45) is 3.87. The van der Waals surface area contributed by atoms with Crippen molar-refractivity contribution in [2.75, 3.05) is 0 Å². The highest BCUT2D eigenvalue weighted by molar-refractivity contribution is 6.58. The van der Waals surface area contributed by atoms with Gasteiger partial charge in [-0.15, -0.1) is 0 Å². The number of hydrogen-bond acceptors (Lipinski definition) is 5. The van der Waals surface area contributed by atoms with Crippen molar-refractivity contribution < 1.29 is 19.9 Å². The monoisotopic (exact) mass is 301 g/mol. The van der Waals surface area contributed by atoms with E-state index in [0.717, 1.165) is 12.0 Å². The van der Waals surface area contributed by atoms with Gasteiger partial charge in [-0.05, 0) is 49.0 Å². The van der Waals surface area contributed by atoms with Gasteiger partial charge in [0.1, 0.15) is 11.9 Å². The van der Waals surface area contributed by atoms with Crippen molar-refractivity contribution in [1.82, 2.24) is 4.98 Å². The molecule has 1 aromatic carbocycles. The number of aliphatic hydroxyl groups is 1. The van der Waals surface area contributed by atoms with E-state index in [1.807, 2.05) is 19.1 Å². The Bertz CT molecular complexity index is 562. The van der Waals surface area contributed by atoms with Gasteiger partial charge in [0.05, 0.1) is 6.10 Å². The minimum Gasteiger partial charge on any atom is -0.488 e. The van der Waals surface area contributed by atoms with E-state index in [-0.39, 0.29) is 6.10 Å². The summed E-state index contributed by atoms with van der Waals surface area (Å²) in [7, 11) is -1.49. The molecule has 3 N–H and O–H groups in total. The van der Waals surface area contributed by atoms with Crippen LogP contribution in [0.4, 0.5) is 0 Å². The molecule has 1 heterocycles. The molecule has 2 atom stereocenters. The molecular weight excluding hydrogens is 281 g/mol. The fourth-order valence-electron chi connectivity index (χ4n) is 2.11. The first kappa shape index (κ1) is 16.5. The quantitative estimate of drug-likeness (QED) is 0.650. The van der Waals surface area contributed by atoms with Crippen LogP contribution in [0.3, 0.4) is 0 Å². The minimum atomic E-state index is -1.49. The number of nitrogens with zero attached hydrogens (tertiary/aromatic N) is 1. The number of aromatic nitrogens is 1. The first-order valence-electron chi connectivity index (χ1n) is 7.26. The summed E-state index contributed by atoms with van der Waals surface area (Å²) in [5.41, 5.74) is 1.48. The molecule has 22 heavy (non-hydrogen) atoms. The second-order valence-electron chi connectivity index (χ2n) is 5.23. The number of hydrogen-bond donors (Lipinski definition) is 3. The molecule has 2 aromatic rings. The second kappa shape index (κ2) is 7.94. The first-order valence-corrected chi connectivity index (χ1v) is 7.26. The lowest BCUT2D eigenvalue weighted by Gasteiger charge is -2.20. The zero-order valence-electron chi connectivity index (χ0n) is 12.5. The fourth-order valence-corrected chi connectivity index (χ4v) is 2.11. The SMILES string of the molecule is CC(Oc1ccc(B(O)O)cc1)C(O)CCc1cccnc1. The molecule has 6 heteroatoms. The van der Waals surface area contributed by atoms with Crippen LogP contribution in [-0.4, -0.2) is 39.5 Å². The van der Waals surface area contributed by atoms with Crippen molar-refractivity contribution in [2.24, 2.45) is 0 Å². The summed E-state index contributed by atoms with van der Waals surface area (Å²) < 4.78 is 5.67. The van der Waals surface area contributed by atoms with Crippen LogP contribution in [0.15, 0.2) is 48.8 Å². The molecule has 2 rings (SSSR count). The van der Waals surface area contributed by atoms with Crippen LogP contribution in [0.5, 0.6) is 5.75 Å². The predicted molar refractivity (Wildman–Crippen MR) is 84.9 cm³/mol. The fraction of sp³-hybridized carbons (Fsp3) is 0.312. The maximum Gasteiger partial charge on any atom is 0.488 e. The van der Waals surface area contributed by atoms with E-state index in [2.05, 4.69) is 4.98 Å². The normalized spacial score (nSPS) is 13.5. The molecule has 0 bridgehead atoms. The Labute approximate surface area is 130 Å². The van der Waals surface area contributed by atoms with Crippen molar-refractivity contribution >= 4 is 12.6 Å². The molecule has 0 fully saturated rings. The average molecular weight is 301 g/mol. The van der Waals surface area contributed by atoms with Gasteiger partial charge in [0.25, 0.3) is 0 Å². The standard InChI is InChI=1S/C16H20BNO4/c1-12(16(19)9-4-13-3-2-10-18-11-13)22-15-7-5-14(6-8-15)17(20)21/h2-3,5-8,10-12,16,19-21H,4,9H2,1H3. The first-order chi connectivity index (χ1) is 10.6. The highest BCUT2D eigenvalue weighted by atomic mass is 16.5. The summed E-state index contributed by atoms with van der Waals surface area (Å²) >= 11 is 0. The maximum atomic E-state index is 10.2. The second-order valence-corrected chi connectivity index (χ2v) is 5.23. The van der Waals surface area contributed by atoms with Gasteiger partial charge in [-0.3, -0.25) is 4.98 Å².